The number of methoxy groups -OCH3 is 2. The lowest BCUT2D eigenvalue weighted by Crippen LogP contribution is -2.32. The summed E-state index contributed by atoms with van der Waals surface area (Å²) in [4.78, 5) is 29.9. The van der Waals surface area contributed by atoms with Crippen LogP contribution in [0, 0.1) is 0 Å². The molecular weight excluding hydrogens is 448 g/mol. The summed E-state index contributed by atoms with van der Waals surface area (Å²) < 4.78 is 16.5. The third-order valence-electron chi connectivity index (χ3n) is 5.88. The zero-order valence-electron chi connectivity index (χ0n) is 21.0. The van der Waals surface area contributed by atoms with E-state index >= 15 is 0 Å². The molecule has 0 saturated carbocycles. The van der Waals surface area contributed by atoms with Crippen LogP contribution in [-0.2, 0) is 9.59 Å². The SMILES string of the molecule is CCCOc1ccc(/C(O)=C2\C(=O)C(=O)N(CCCN(C)C)C2c2ccc(OC)cc2OC)cc1. The van der Waals surface area contributed by atoms with E-state index in [2.05, 4.69) is 0 Å². The monoisotopic (exact) mass is 482 g/mol. The Kier molecular flexibility index (Phi) is 8.76. The summed E-state index contributed by atoms with van der Waals surface area (Å²) in [7, 11) is 6.97. The van der Waals surface area contributed by atoms with Crippen LogP contribution in [-0.4, -0.2) is 74.6 Å². The molecule has 2 aromatic rings. The average Bonchev–Trinajstić information content (AvgIpc) is 3.11. The number of ketones is 1. The van der Waals surface area contributed by atoms with Crippen molar-refractivity contribution in [3.05, 3.63) is 59.2 Å². The molecule has 1 N–H and O–H groups in total. The number of aliphatic hydroxyl groups excluding tert-OH is 1. The van der Waals surface area contributed by atoms with Gasteiger partial charge in [-0.1, -0.05) is 6.92 Å². The van der Waals surface area contributed by atoms with Crippen LogP contribution in [0.1, 0.15) is 36.9 Å². The molecule has 2 aromatic carbocycles. The average molecular weight is 483 g/mol. The van der Waals surface area contributed by atoms with Crippen molar-refractivity contribution in [3.8, 4) is 17.2 Å². The van der Waals surface area contributed by atoms with Crippen LogP contribution in [0.15, 0.2) is 48.0 Å². The number of carbonyl (C=O) groups excluding carboxylic acids is 2. The molecule has 1 unspecified atom stereocenters. The highest BCUT2D eigenvalue weighted by molar-refractivity contribution is 6.46. The second kappa shape index (κ2) is 11.8. The second-order valence-corrected chi connectivity index (χ2v) is 8.63. The van der Waals surface area contributed by atoms with E-state index in [1.54, 1.807) is 49.6 Å². The minimum absolute atomic E-state index is 0.0329. The number of amides is 1. The van der Waals surface area contributed by atoms with E-state index in [0.717, 1.165) is 13.0 Å². The topological polar surface area (TPSA) is 88.5 Å². The Labute approximate surface area is 206 Å². The molecule has 1 atom stereocenters. The van der Waals surface area contributed by atoms with Crippen molar-refractivity contribution in [1.29, 1.82) is 0 Å². The molecule has 1 amide bonds. The molecule has 188 valence electrons. The van der Waals surface area contributed by atoms with E-state index in [1.165, 1.54) is 12.0 Å². The van der Waals surface area contributed by atoms with Gasteiger partial charge in [0.15, 0.2) is 0 Å². The first-order valence-electron chi connectivity index (χ1n) is 11.7. The van der Waals surface area contributed by atoms with Gasteiger partial charge in [-0.2, -0.15) is 0 Å². The molecule has 1 fully saturated rings. The Hall–Kier alpha value is -3.52. The number of hydrogen-bond donors (Lipinski definition) is 1. The van der Waals surface area contributed by atoms with Crippen molar-refractivity contribution >= 4 is 17.4 Å². The molecule has 8 nitrogen and oxygen atoms in total. The molecule has 0 spiro atoms. The van der Waals surface area contributed by atoms with E-state index in [0.29, 0.717) is 47.9 Å². The van der Waals surface area contributed by atoms with E-state index < -0.39 is 17.7 Å². The first-order valence-corrected chi connectivity index (χ1v) is 11.7. The number of Topliss-reactive ketones (excluding diaryl/α,β-unsaturated/α-hetero) is 1. The maximum Gasteiger partial charge on any atom is 0.295 e. The summed E-state index contributed by atoms with van der Waals surface area (Å²) >= 11 is 0. The van der Waals surface area contributed by atoms with E-state index in [9.17, 15) is 14.7 Å². The van der Waals surface area contributed by atoms with Crippen molar-refractivity contribution in [3.63, 3.8) is 0 Å². The second-order valence-electron chi connectivity index (χ2n) is 8.63. The van der Waals surface area contributed by atoms with Crippen molar-refractivity contribution in [2.75, 3.05) is 48.0 Å². The predicted molar refractivity (Wildman–Crippen MR) is 134 cm³/mol. The van der Waals surface area contributed by atoms with Gasteiger partial charge in [0.1, 0.15) is 23.0 Å². The Balaban J connectivity index is 2.10. The summed E-state index contributed by atoms with van der Waals surface area (Å²) in [6.45, 7) is 3.70. The smallest absolute Gasteiger partial charge is 0.295 e. The van der Waals surface area contributed by atoms with Crippen LogP contribution in [0.25, 0.3) is 5.76 Å². The van der Waals surface area contributed by atoms with Gasteiger partial charge in [-0.3, -0.25) is 9.59 Å². The van der Waals surface area contributed by atoms with Crippen LogP contribution < -0.4 is 14.2 Å². The lowest BCUT2D eigenvalue weighted by atomic mass is 9.94. The highest BCUT2D eigenvalue weighted by atomic mass is 16.5. The standard InChI is InChI=1S/C27H34N2O6/c1-6-16-35-19-10-8-18(9-11-19)25(30)23-24(21-13-12-20(33-4)17-22(21)34-5)29(27(32)26(23)31)15-7-14-28(2)3/h8-13,17,24,30H,6-7,14-16H2,1-5H3/b25-23+. The zero-order chi connectivity index (χ0) is 25.5. The highest BCUT2D eigenvalue weighted by Crippen LogP contribution is 2.43. The lowest BCUT2D eigenvalue weighted by Gasteiger charge is -2.27. The minimum Gasteiger partial charge on any atom is -0.507 e. The number of rotatable bonds is 11. The summed E-state index contributed by atoms with van der Waals surface area (Å²) in [5.41, 5.74) is 1.06. The minimum atomic E-state index is -0.797. The fraction of sp³-hybridized carbons (Fsp3) is 0.407. The Bertz CT molecular complexity index is 1080. The Morgan fingerprint density at radius 1 is 1.03 bits per heavy atom. The maximum atomic E-state index is 13.2. The highest BCUT2D eigenvalue weighted by Gasteiger charge is 2.46. The summed E-state index contributed by atoms with van der Waals surface area (Å²) in [5.74, 6) is 0.114. The Morgan fingerprint density at radius 3 is 2.31 bits per heavy atom. The third kappa shape index (κ3) is 5.77. The number of hydrogen-bond acceptors (Lipinski definition) is 7. The first kappa shape index (κ1) is 26.1. The van der Waals surface area contributed by atoms with Crippen molar-refractivity contribution in [2.24, 2.45) is 0 Å². The number of likely N-dealkylation sites (tertiary alicyclic amines) is 1. The number of carbonyl (C=O) groups is 2. The molecule has 1 aliphatic heterocycles. The van der Waals surface area contributed by atoms with Gasteiger partial charge in [0.05, 0.1) is 32.4 Å². The van der Waals surface area contributed by atoms with Crippen LogP contribution >= 0.6 is 0 Å². The first-order chi connectivity index (χ1) is 16.8. The number of benzene rings is 2. The number of aliphatic hydroxyl groups is 1. The van der Waals surface area contributed by atoms with Crippen LogP contribution in [0.2, 0.25) is 0 Å². The Morgan fingerprint density at radius 2 is 1.71 bits per heavy atom. The lowest BCUT2D eigenvalue weighted by molar-refractivity contribution is -0.140. The molecule has 1 heterocycles. The molecule has 3 rings (SSSR count). The molecule has 1 aliphatic rings. The van der Waals surface area contributed by atoms with Gasteiger partial charge in [0, 0.05) is 23.7 Å². The molecule has 0 bridgehead atoms. The molecule has 1 saturated heterocycles. The van der Waals surface area contributed by atoms with Crippen LogP contribution in [0.4, 0.5) is 0 Å². The zero-order valence-corrected chi connectivity index (χ0v) is 21.0. The third-order valence-corrected chi connectivity index (χ3v) is 5.88. The summed E-state index contributed by atoms with van der Waals surface area (Å²) in [6, 6.07) is 11.3. The maximum absolute atomic E-state index is 13.2. The number of ether oxygens (including phenoxy) is 3. The van der Waals surface area contributed by atoms with Crippen molar-refractivity contribution in [2.45, 2.75) is 25.8 Å². The van der Waals surface area contributed by atoms with Gasteiger partial charge in [0.2, 0.25) is 0 Å². The van der Waals surface area contributed by atoms with E-state index in [1.807, 2.05) is 25.9 Å². The number of nitrogens with zero attached hydrogens (tertiary/aromatic N) is 2. The van der Waals surface area contributed by atoms with Crippen LogP contribution in [0.3, 0.4) is 0 Å². The predicted octanol–water partition coefficient (Wildman–Crippen LogP) is 3.87. The molecule has 0 radical (unpaired) electrons. The van der Waals surface area contributed by atoms with E-state index in [4.69, 9.17) is 14.2 Å². The molecule has 0 aromatic heterocycles. The van der Waals surface area contributed by atoms with Gasteiger partial charge in [-0.05, 0) is 69.9 Å². The normalized spacial score (nSPS) is 17.2. The van der Waals surface area contributed by atoms with Gasteiger partial charge in [-0.15, -0.1) is 0 Å². The molecule has 35 heavy (non-hydrogen) atoms. The van der Waals surface area contributed by atoms with Crippen LogP contribution in [0.5, 0.6) is 17.2 Å². The van der Waals surface area contributed by atoms with Crippen molar-refractivity contribution < 1.29 is 28.9 Å². The summed E-state index contributed by atoms with van der Waals surface area (Å²) in [6.07, 6.45) is 1.54. The van der Waals surface area contributed by atoms with Gasteiger partial charge in [0.25, 0.3) is 11.7 Å². The van der Waals surface area contributed by atoms with Crippen molar-refractivity contribution in [1.82, 2.24) is 9.80 Å². The fourth-order valence-corrected chi connectivity index (χ4v) is 4.12. The molecule has 0 aliphatic carbocycles. The summed E-state index contributed by atoms with van der Waals surface area (Å²) in [5, 5.41) is 11.3. The van der Waals surface area contributed by atoms with Gasteiger partial charge < -0.3 is 29.1 Å². The van der Waals surface area contributed by atoms with Gasteiger partial charge in [-0.25, -0.2) is 0 Å². The van der Waals surface area contributed by atoms with E-state index in [-0.39, 0.29) is 11.3 Å². The fourth-order valence-electron chi connectivity index (χ4n) is 4.12. The molecule has 8 heteroatoms. The molecular formula is C27H34N2O6. The van der Waals surface area contributed by atoms with Gasteiger partial charge >= 0.3 is 0 Å². The quantitative estimate of drug-likeness (QED) is 0.296. The largest absolute Gasteiger partial charge is 0.507 e.